The molecule has 0 aromatic heterocycles. The zero-order valence-electron chi connectivity index (χ0n) is 10.4. The number of nitrogens with one attached hydrogen (secondary N) is 1. The molecule has 1 amide bonds. The van der Waals surface area contributed by atoms with Crippen LogP contribution in [-0.4, -0.2) is 11.0 Å². The highest BCUT2D eigenvalue weighted by molar-refractivity contribution is 5.94. The normalized spacial score (nSPS) is 11.9. The van der Waals surface area contributed by atoms with Gasteiger partial charge in [0.2, 0.25) is 0 Å². The fourth-order valence-corrected chi connectivity index (χ4v) is 1.64. The first-order chi connectivity index (χ1) is 9.06. The summed E-state index contributed by atoms with van der Waals surface area (Å²) in [6.45, 7) is 1.94. The van der Waals surface area contributed by atoms with E-state index in [2.05, 4.69) is 5.32 Å². The lowest BCUT2D eigenvalue weighted by Crippen LogP contribution is -2.20. The highest BCUT2D eigenvalue weighted by Gasteiger charge is 2.17. The molecular weight excluding hydrogens is 245 g/mol. The summed E-state index contributed by atoms with van der Waals surface area (Å²) in [5.74, 6) is -0.953. The number of hydrogen-bond donors (Lipinski definition) is 2. The van der Waals surface area contributed by atoms with Crippen LogP contribution in [0, 0.1) is 12.7 Å². The van der Waals surface area contributed by atoms with Crippen molar-refractivity contribution in [2.24, 2.45) is 0 Å². The molecule has 3 nitrogen and oxygen atoms in total. The summed E-state index contributed by atoms with van der Waals surface area (Å²) < 4.78 is 12.8. The smallest absolute Gasteiger partial charge is 0.257 e. The minimum Gasteiger partial charge on any atom is -0.378 e. The molecule has 0 saturated carbocycles. The minimum atomic E-state index is -1.32. The largest absolute Gasteiger partial charge is 0.378 e. The molecule has 0 aliphatic rings. The highest BCUT2D eigenvalue weighted by Crippen LogP contribution is 2.16. The molecular formula is C15H14FNO2. The lowest BCUT2D eigenvalue weighted by Gasteiger charge is -2.11. The van der Waals surface area contributed by atoms with Crippen LogP contribution in [-0.2, 0) is 4.79 Å². The molecule has 0 heterocycles. The second-order valence-electron chi connectivity index (χ2n) is 4.31. The lowest BCUT2D eigenvalue weighted by atomic mass is 10.1. The van der Waals surface area contributed by atoms with E-state index in [1.165, 1.54) is 24.3 Å². The molecule has 1 unspecified atom stereocenters. The van der Waals surface area contributed by atoms with Crippen LogP contribution in [0.3, 0.4) is 0 Å². The first kappa shape index (κ1) is 13.2. The molecule has 0 bridgehead atoms. The molecule has 0 saturated heterocycles. The first-order valence-corrected chi connectivity index (χ1v) is 5.87. The molecule has 4 heteroatoms. The fourth-order valence-electron chi connectivity index (χ4n) is 1.64. The van der Waals surface area contributed by atoms with E-state index in [4.69, 9.17) is 0 Å². The summed E-state index contributed by atoms with van der Waals surface area (Å²) in [6.07, 6.45) is -1.32. The number of carbonyl (C=O) groups excluding carboxylic acids is 1. The Kier molecular flexibility index (Phi) is 3.92. The Hall–Kier alpha value is -2.20. The van der Waals surface area contributed by atoms with Crippen LogP contribution in [0.15, 0.2) is 48.5 Å². The van der Waals surface area contributed by atoms with Crippen molar-refractivity contribution in [1.82, 2.24) is 0 Å². The summed E-state index contributed by atoms with van der Waals surface area (Å²) in [7, 11) is 0. The Morgan fingerprint density at radius 3 is 2.26 bits per heavy atom. The third kappa shape index (κ3) is 3.39. The summed E-state index contributed by atoms with van der Waals surface area (Å²) in [5.41, 5.74) is 2.04. The quantitative estimate of drug-likeness (QED) is 0.890. The van der Waals surface area contributed by atoms with Crippen LogP contribution in [0.5, 0.6) is 0 Å². The van der Waals surface area contributed by atoms with E-state index in [1.54, 1.807) is 12.1 Å². The summed E-state index contributed by atoms with van der Waals surface area (Å²) in [5, 5.41) is 12.5. The van der Waals surface area contributed by atoms with Gasteiger partial charge in [0.15, 0.2) is 6.10 Å². The van der Waals surface area contributed by atoms with E-state index in [0.29, 0.717) is 11.3 Å². The van der Waals surface area contributed by atoms with Crippen LogP contribution in [0.2, 0.25) is 0 Å². The Bertz CT molecular complexity index is 564. The molecule has 0 aliphatic heterocycles. The Morgan fingerprint density at radius 1 is 1.11 bits per heavy atom. The number of aliphatic hydroxyl groups is 1. The van der Waals surface area contributed by atoms with Gasteiger partial charge in [-0.15, -0.1) is 0 Å². The van der Waals surface area contributed by atoms with Crippen molar-refractivity contribution in [2.75, 3.05) is 5.32 Å². The van der Waals surface area contributed by atoms with Gasteiger partial charge in [-0.05, 0) is 36.8 Å². The third-order valence-electron chi connectivity index (χ3n) is 2.75. The number of halogens is 1. The topological polar surface area (TPSA) is 49.3 Å². The number of aliphatic hydroxyl groups excluding tert-OH is 1. The van der Waals surface area contributed by atoms with Gasteiger partial charge in [0.25, 0.3) is 5.91 Å². The number of rotatable bonds is 3. The van der Waals surface area contributed by atoms with Gasteiger partial charge in [-0.2, -0.15) is 0 Å². The van der Waals surface area contributed by atoms with Gasteiger partial charge in [0, 0.05) is 5.69 Å². The second kappa shape index (κ2) is 5.63. The highest BCUT2D eigenvalue weighted by atomic mass is 19.1. The monoisotopic (exact) mass is 259 g/mol. The molecule has 98 valence electrons. The van der Waals surface area contributed by atoms with Crippen molar-refractivity contribution in [1.29, 1.82) is 0 Å². The van der Waals surface area contributed by atoms with E-state index in [1.807, 2.05) is 19.1 Å². The van der Waals surface area contributed by atoms with Gasteiger partial charge in [-0.25, -0.2) is 4.39 Å². The average Bonchev–Trinajstić information content (AvgIpc) is 2.41. The van der Waals surface area contributed by atoms with E-state index in [9.17, 15) is 14.3 Å². The van der Waals surface area contributed by atoms with Gasteiger partial charge < -0.3 is 10.4 Å². The molecule has 2 aromatic rings. The molecule has 2 N–H and O–H groups in total. The van der Waals surface area contributed by atoms with E-state index in [0.717, 1.165) is 5.56 Å². The fraction of sp³-hybridized carbons (Fsp3) is 0.133. The van der Waals surface area contributed by atoms with Crippen LogP contribution in [0.1, 0.15) is 17.2 Å². The van der Waals surface area contributed by atoms with Gasteiger partial charge in [0.05, 0.1) is 0 Å². The maximum Gasteiger partial charge on any atom is 0.257 e. The third-order valence-corrected chi connectivity index (χ3v) is 2.75. The maximum atomic E-state index is 12.8. The number of benzene rings is 2. The van der Waals surface area contributed by atoms with Crippen molar-refractivity contribution in [2.45, 2.75) is 13.0 Å². The van der Waals surface area contributed by atoms with Crippen LogP contribution < -0.4 is 5.32 Å². The standard InChI is InChI=1S/C15H14FNO2/c1-10-2-8-13(9-3-10)17-15(19)14(18)11-4-6-12(16)7-5-11/h2-9,14,18H,1H3,(H,17,19). The van der Waals surface area contributed by atoms with E-state index in [-0.39, 0.29) is 0 Å². The van der Waals surface area contributed by atoms with Crippen LogP contribution in [0.4, 0.5) is 10.1 Å². The molecule has 0 spiro atoms. The van der Waals surface area contributed by atoms with E-state index >= 15 is 0 Å². The molecule has 0 aliphatic carbocycles. The van der Waals surface area contributed by atoms with Crippen molar-refractivity contribution in [3.63, 3.8) is 0 Å². The zero-order chi connectivity index (χ0) is 13.8. The van der Waals surface area contributed by atoms with Gasteiger partial charge >= 0.3 is 0 Å². The van der Waals surface area contributed by atoms with Gasteiger partial charge in [0.1, 0.15) is 5.82 Å². The summed E-state index contributed by atoms with van der Waals surface area (Å²) >= 11 is 0. The van der Waals surface area contributed by atoms with Crippen LogP contribution >= 0.6 is 0 Å². The number of anilines is 1. The predicted molar refractivity (Wildman–Crippen MR) is 71.2 cm³/mol. The number of carbonyl (C=O) groups is 1. The average molecular weight is 259 g/mol. The summed E-state index contributed by atoms with van der Waals surface area (Å²) in [6, 6.07) is 12.4. The SMILES string of the molecule is Cc1ccc(NC(=O)C(O)c2ccc(F)cc2)cc1. The first-order valence-electron chi connectivity index (χ1n) is 5.87. The van der Waals surface area contributed by atoms with Gasteiger partial charge in [-0.3, -0.25) is 4.79 Å². The van der Waals surface area contributed by atoms with Gasteiger partial charge in [-0.1, -0.05) is 29.8 Å². The molecule has 0 fully saturated rings. The Morgan fingerprint density at radius 2 is 1.68 bits per heavy atom. The molecule has 19 heavy (non-hydrogen) atoms. The van der Waals surface area contributed by atoms with Crippen molar-refractivity contribution in [3.05, 3.63) is 65.5 Å². The maximum absolute atomic E-state index is 12.8. The number of aryl methyl sites for hydroxylation is 1. The molecule has 2 aromatic carbocycles. The lowest BCUT2D eigenvalue weighted by molar-refractivity contribution is -0.124. The molecule has 0 radical (unpaired) electrons. The van der Waals surface area contributed by atoms with E-state index < -0.39 is 17.8 Å². The zero-order valence-corrected chi connectivity index (χ0v) is 10.4. The molecule has 2 rings (SSSR count). The van der Waals surface area contributed by atoms with Crippen LogP contribution in [0.25, 0.3) is 0 Å². The number of hydrogen-bond acceptors (Lipinski definition) is 2. The number of amides is 1. The Balaban J connectivity index is 2.07. The predicted octanol–water partition coefficient (Wildman–Crippen LogP) is 2.81. The van der Waals surface area contributed by atoms with Crippen molar-refractivity contribution >= 4 is 11.6 Å². The minimum absolute atomic E-state index is 0.353. The van der Waals surface area contributed by atoms with Crippen molar-refractivity contribution < 1.29 is 14.3 Å². The Labute approximate surface area is 110 Å². The second-order valence-corrected chi connectivity index (χ2v) is 4.31. The molecule has 1 atom stereocenters. The summed E-state index contributed by atoms with van der Waals surface area (Å²) in [4.78, 5) is 11.8. The van der Waals surface area contributed by atoms with Crippen molar-refractivity contribution in [3.8, 4) is 0 Å².